The van der Waals surface area contributed by atoms with Gasteiger partial charge in [-0.1, -0.05) is 30.4 Å². The molecule has 4 nitrogen and oxygen atoms in total. The number of allylic oxidation sites excluding steroid dienone is 1. The van der Waals surface area contributed by atoms with Gasteiger partial charge in [0.2, 0.25) is 5.91 Å². The molecule has 5 heteroatoms. The van der Waals surface area contributed by atoms with Crippen LogP contribution in [-0.4, -0.2) is 26.6 Å². The highest BCUT2D eigenvalue weighted by atomic mass is 32.2. The Morgan fingerprint density at radius 2 is 1.95 bits per heavy atom. The highest BCUT2D eigenvalue weighted by Gasteiger charge is 2.15. The zero-order chi connectivity index (χ0) is 14.1. The van der Waals surface area contributed by atoms with Crippen LogP contribution < -0.4 is 5.32 Å². The second-order valence-corrected chi connectivity index (χ2v) is 6.20. The Morgan fingerprint density at radius 3 is 2.58 bits per heavy atom. The second-order valence-electron chi connectivity index (χ2n) is 4.09. The van der Waals surface area contributed by atoms with Crippen LogP contribution in [0.15, 0.2) is 47.4 Å². The Bertz CT molecular complexity index is 521. The van der Waals surface area contributed by atoms with E-state index in [2.05, 4.69) is 5.32 Å². The lowest BCUT2D eigenvalue weighted by atomic mass is 10.3. The maximum atomic E-state index is 11.9. The van der Waals surface area contributed by atoms with Gasteiger partial charge in [-0.3, -0.25) is 4.79 Å². The molecular formula is C14H19NO3S. The van der Waals surface area contributed by atoms with Crippen molar-refractivity contribution in [2.45, 2.75) is 24.7 Å². The summed E-state index contributed by atoms with van der Waals surface area (Å²) >= 11 is 0. The fourth-order valence-electron chi connectivity index (χ4n) is 1.52. The van der Waals surface area contributed by atoms with Gasteiger partial charge in [0.25, 0.3) is 0 Å². The number of hydrogen-bond acceptors (Lipinski definition) is 3. The van der Waals surface area contributed by atoms with Crippen LogP contribution in [0.25, 0.3) is 0 Å². The summed E-state index contributed by atoms with van der Waals surface area (Å²) in [6.07, 6.45) is 4.60. The number of sulfone groups is 1. The number of rotatable bonds is 7. The number of hydrogen-bond donors (Lipinski definition) is 1. The molecule has 104 valence electrons. The van der Waals surface area contributed by atoms with Crippen molar-refractivity contribution in [1.29, 1.82) is 0 Å². The van der Waals surface area contributed by atoms with Crippen LogP contribution in [0, 0.1) is 0 Å². The zero-order valence-electron chi connectivity index (χ0n) is 11.0. The number of benzene rings is 1. The van der Waals surface area contributed by atoms with E-state index in [-0.39, 0.29) is 23.0 Å². The average Bonchev–Trinajstić information content (AvgIpc) is 2.42. The van der Waals surface area contributed by atoms with Gasteiger partial charge >= 0.3 is 0 Å². The molecule has 1 amide bonds. The summed E-state index contributed by atoms with van der Waals surface area (Å²) in [5.41, 5.74) is 0. The van der Waals surface area contributed by atoms with E-state index >= 15 is 0 Å². The van der Waals surface area contributed by atoms with Crippen LogP contribution in [0.3, 0.4) is 0 Å². The predicted octanol–water partition coefficient (Wildman–Crippen LogP) is 1.93. The molecule has 0 unspecified atom stereocenters. The van der Waals surface area contributed by atoms with Crippen LogP contribution in [0.5, 0.6) is 0 Å². The molecule has 1 rings (SSSR count). The molecule has 0 saturated carbocycles. The largest absolute Gasteiger partial charge is 0.356 e. The lowest BCUT2D eigenvalue weighted by Gasteiger charge is -2.05. The van der Waals surface area contributed by atoms with E-state index in [0.717, 1.165) is 6.42 Å². The molecule has 0 atom stereocenters. The predicted molar refractivity (Wildman–Crippen MR) is 75.6 cm³/mol. The molecule has 0 aliphatic heterocycles. The van der Waals surface area contributed by atoms with E-state index in [1.54, 1.807) is 30.3 Å². The molecular weight excluding hydrogens is 262 g/mol. The molecule has 1 N–H and O–H groups in total. The van der Waals surface area contributed by atoms with Crippen LogP contribution >= 0.6 is 0 Å². The topological polar surface area (TPSA) is 63.2 Å². The Balaban J connectivity index is 2.42. The van der Waals surface area contributed by atoms with Gasteiger partial charge in [-0.05, 0) is 25.5 Å². The Labute approximate surface area is 114 Å². The van der Waals surface area contributed by atoms with E-state index < -0.39 is 9.84 Å². The normalized spacial score (nSPS) is 11.6. The van der Waals surface area contributed by atoms with Crippen molar-refractivity contribution in [3.63, 3.8) is 0 Å². The molecule has 0 aliphatic rings. The molecule has 19 heavy (non-hydrogen) atoms. The third-order valence-corrected chi connectivity index (χ3v) is 4.30. The minimum absolute atomic E-state index is 0.00688. The number of nitrogens with one attached hydrogen (secondary N) is 1. The minimum atomic E-state index is -3.37. The first-order valence-corrected chi connectivity index (χ1v) is 7.87. The quantitative estimate of drug-likeness (QED) is 0.613. The molecule has 0 heterocycles. The number of carbonyl (C=O) groups is 1. The lowest BCUT2D eigenvalue weighted by molar-refractivity contribution is -0.120. The van der Waals surface area contributed by atoms with Crippen molar-refractivity contribution in [3.05, 3.63) is 42.5 Å². The van der Waals surface area contributed by atoms with Crippen molar-refractivity contribution < 1.29 is 13.2 Å². The fraction of sp³-hybridized carbons (Fsp3) is 0.357. The Morgan fingerprint density at radius 1 is 1.26 bits per heavy atom. The van der Waals surface area contributed by atoms with Crippen molar-refractivity contribution >= 4 is 15.7 Å². The van der Waals surface area contributed by atoms with E-state index in [1.165, 1.54) is 0 Å². The Hall–Kier alpha value is -1.62. The highest BCUT2D eigenvalue weighted by Crippen LogP contribution is 2.10. The molecule has 0 aromatic heterocycles. The van der Waals surface area contributed by atoms with Crippen molar-refractivity contribution in [3.8, 4) is 0 Å². The van der Waals surface area contributed by atoms with Gasteiger partial charge < -0.3 is 5.32 Å². The van der Waals surface area contributed by atoms with Gasteiger partial charge in [-0.25, -0.2) is 8.42 Å². The number of amides is 1. The smallest absolute Gasteiger partial charge is 0.221 e. The van der Waals surface area contributed by atoms with E-state index in [1.807, 2.05) is 19.1 Å². The monoisotopic (exact) mass is 281 g/mol. The van der Waals surface area contributed by atoms with Crippen LogP contribution in [0.2, 0.25) is 0 Å². The summed E-state index contributed by atoms with van der Waals surface area (Å²) in [6.45, 7) is 2.45. The zero-order valence-corrected chi connectivity index (χ0v) is 11.8. The first kappa shape index (κ1) is 15.4. The maximum Gasteiger partial charge on any atom is 0.221 e. The van der Waals surface area contributed by atoms with Crippen LogP contribution in [-0.2, 0) is 14.6 Å². The third kappa shape index (κ3) is 5.70. The van der Waals surface area contributed by atoms with Crippen molar-refractivity contribution in [2.24, 2.45) is 0 Å². The number of carbonyl (C=O) groups excluding carboxylic acids is 1. The van der Waals surface area contributed by atoms with Crippen LogP contribution in [0.4, 0.5) is 0 Å². The van der Waals surface area contributed by atoms with Gasteiger partial charge in [-0.2, -0.15) is 0 Å². The lowest BCUT2D eigenvalue weighted by Crippen LogP contribution is -2.26. The first-order valence-electron chi connectivity index (χ1n) is 6.22. The minimum Gasteiger partial charge on any atom is -0.356 e. The molecule has 0 aliphatic carbocycles. The van der Waals surface area contributed by atoms with Crippen molar-refractivity contribution in [1.82, 2.24) is 5.32 Å². The van der Waals surface area contributed by atoms with Gasteiger partial charge in [0.15, 0.2) is 9.84 Å². The SMILES string of the molecule is C/C=C/CCNC(=O)CCS(=O)(=O)c1ccccc1. The maximum absolute atomic E-state index is 11.9. The van der Waals surface area contributed by atoms with E-state index in [9.17, 15) is 13.2 Å². The summed E-state index contributed by atoms with van der Waals surface area (Å²) in [7, 11) is -3.37. The molecule has 0 bridgehead atoms. The third-order valence-electron chi connectivity index (χ3n) is 2.57. The fourth-order valence-corrected chi connectivity index (χ4v) is 2.78. The molecule has 0 radical (unpaired) electrons. The van der Waals surface area contributed by atoms with Gasteiger partial charge in [-0.15, -0.1) is 0 Å². The highest BCUT2D eigenvalue weighted by molar-refractivity contribution is 7.91. The first-order chi connectivity index (χ1) is 9.06. The standard InChI is InChI=1S/C14H19NO3S/c1-2-3-7-11-15-14(16)10-12-19(17,18)13-8-5-4-6-9-13/h2-6,8-9H,7,10-12H2,1H3,(H,15,16)/b3-2+. The van der Waals surface area contributed by atoms with E-state index in [4.69, 9.17) is 0 Å². The van der Waals surface area contributed by atoms with Gasteiger partial charge in [0.05, 0.1) is 10.6 Å². The summed E-state index contributed by atoms with van der Waals surface area (Å²) in [5, 5.41) is 2.69. The van der Waals surface area contributed by atoms with E-state index in [0.29, 0.717) is 6.54 Å². The second kappa shape index (κ2) is 7.74. The molecule has 1 aromatic carbocycles. The molecule has 0 spiro atoms. The summed E-state index contributed by atoms with van der Waals surface area (Å²) < 4.78 is 23.8. The van der Waals surface area contributed by atoms with Gasteiger partial charge in [0, 0.05) is 13.0 Å². The summed E-state index contributed by atoms with van der Waals surface area (Å²) in [5.74, 6) is -0.393. The Kier molecular flexibility index (Phi) is 6.29. The molecule has 0 saturated heterocycles. The summed E-state index contributed by atoms with van der Waals surface area (Å²) in [6, 6.07) is 8.18. The molecule has 0 fully saturated rings. The average molecular weight is 281 g/mol. The van der Waals surface area contributed by atoms with Crippen LogP contribution in [0.1, 0.15) is 19.8 Å². The van der Waals surface area contributed by atoms with Gasteiger partial charge in [0.1, 0.15) is 0 Å². The van der Waals surface area contributed by atoms with Crippen molar-refractivity contribution in [2.75, 3.05) is 12.3 Å². The summed E-state index contributed by atoms with van der Waals surface area (Å²) in [4.78, 5) is 11.7. The molecule has 1 aromatic rings.